The minimum Gasteiger partial charge on any atom is -0.465 e. The minimum absolute atomic E-state index is 0.0305. The predicted molar refractivity (Wildman–Crippen MR) is 98.1 cm³/mol. The molecule has 0 spiro atoms. The molecule has 0 saturated heterocycles. The third-order valence-corrected chi connectivity index (χ3v) is 3.04. The molecule has 0 bridgehead atoms. The molecule has 1 aromatic carbocycles. The normalized spacial score (nSPS) is 9.19. The quantitative estimate of drug-likeness (QED) is 0.363. The Hall–Kier alpha value is -3.55. The second-order valence-corrected chi connectivity index (χ2v) is 4.85. The number of hydrogen-bond acceptors (Lipinski definition) is 8. The lowest BCUT2D eigenvalue weighted by Crippen LogP contribution is -2.05. The smallest absolute Gasteiger partial charge is 0.341 e. The van der Waals surface area contributed by atoms with E-state index in [-0.39, 0.29) is 22.9 Å². The van der Waals surface area contributed by atoms with Crippen LogP contribution < -0.4 is 10.1 Å². The van der Waals surface area contributed by atoms with Crippen molar-refractivity contribution in [1.29, 1.82) is 0 Å². The van der Waals surface area contributed by atoms with Crippen LogP contribution in [0.1, 0.15) is 15.9 Å². The summed E-state index contributed by atoms with van der Waals surface area (Å²) in [4.78, 5) is 35.8. The molecule has 2 aromatic rings. The number of aryl methyl sites for hydroxylation is 1. The molecule has 1 aromatic heterocycles. The van der Waals surface area contributed by atoms with Gasteiger partial charge in [-0.2, -0.15) is 0 Å². The molecule has 0 unspecified atom stereocenters. The van der Waals surface area contributed by atoms with E-state index in [0.29, 0.717) is 6.29 Å². The van der Waals surface area contributed by atoms with Crippen molar-refractivity contribution >= 4 is 23.6 Å². The highest BCUT2D eigenvalue weighted by Crippen LogP contribution is 2.33. The largest absolute Gasteiger partial charge is 0.465 e. The fourth-order valence-electron chi connectivity index (χ4n) is 1.83. The lowest BCUT2D eigenvalue weighted by Gasteiger charge is -2.11. The molecule has 8 nitrogen and oxygen atoms in total. The van der Waals surface area contributed by atoms with Gasteiger partial charge in [-0.05, 0) is 48.0 Å². The molecule has 0 atom stereocenters. The third kappa shape index (κ3) is 5.52. The van der Waals surface area contributed by atoms with Gasteiger partial charge in [0, 0.05) is 18.9 Å². The number of esters is 1. The van der Waals surface area contributed by atoms with Gasteiger partial charge in [0.05, 0.1) is 7.11 Å². The second kappa shape index (κ2) is 10.3. The van der Waals surface area contributed by atoms with E-state index in [0.717, 1.165) is 11.3 Å². The maximum atomic E-state index is 11.9. The first-order valence-electron chi connectivity index (χ1n) is 7.44. The number of carbonyl (C=O) groups is 2. The number of aromatic nitrogens is 1. The molecule has 26 heavy (non-hydrogen) atoms. The topological polar surface area (TPSA) is 107 Å². The van der Waals surface area contributed by atoms with Crippen LogP contribution in [0.5, 0.6) is 11.6 Å². The van der Waals surface area contributed by atoms with Crippen LogP contribution in [0.15, 0.2) is 48.3 Å². The number of ether oxygens (including phenoxy) is 2. The highest BCUT2D eigenvalue weighted by molar-refractivity contribution is 5.93. The Balaban J connectivity index is 0.000000765. The van der Waals surface area contributed by atoms with Crippen LogP contribution >= 0.6 is 0 Å². The number of nitrogens with one attached hydrogen (secondary N) is 1. The van der Waals surface area contributed by atoms with E-state index >= 15 is 0 Å². The van der Waals surface area contributed by atoms with Crippen molar-refractivity contribution in [3.05, 3.63) is 59.2 Å². The number of methoxy groups -OCH3 is 1. The van der Waals surface area contributed by atoms with Gasteiger partial charge in [-0.3, -0.25) is 4.79 Å². The molecule has 8 heteroatoms. The number of nitroso groups, excluding NO2 is 1. The van der Waals surface area contributed by atoms with E-state index in [1.807, 2.05) is 0 Å². The molecule has 0 saturated carbocycles. The molecule has 0 aliphatic rings. The summed E-state index contributed by atoms with van der Waals surface area (Å²) in [7, 11) is 3.01. The average Bonchev–Trinajstić information content (AvgIpc) is 2.68. The highest BCUT2D eigenvalue weighted by Gasteiger charge is 2.17. The van der Waals surface area contributed by atoms with Gasteiger partial charge in [0.2, 0.25) is 5.88 Å². The Labute approximate surface area is 150 Å². The van der Waals surface area contributed by atoms with Gasteiger partial charge >= 0.3 is 5.97 Å². The fourth-order valence-corrected chi connectivity index (χ4v) is 1.83. The van der Waals surface area contributed by atoms with Crippen LogP contribution in [0.3, 0.4) is 0 Å². The predicted octanol–water partition coefficient (Wildman–Crippen LogP) is 3.78. The first-order valence-corrected chi connectivity index (χ1v) is 7.44. The molecule has 1 N–H and O–H groups in total. The zero-order chi connectivity index (χ0) is 19.5. The van der Waals surface area contributed by atoms with Gasteiger partial charge in [-0.15, -0.1) is 4.91 Å². The fraction of sp³-hybridized carbons (Fsp3) is 0.167. The zero-order valence-corrected chi connectivity index (χ0v) is 14.7. The van der Waals surface area contributed by atoms with E-state index in [1.54, 1.807) is 44.4 Å². The number of allylic oxidation sites excluding steroid dienone is 1. The molecule has 1 heterocycles. The second-order valence-electron chi connectivity index (χ2n) is 4.85. The average molecular weight is 357 g/mol. The molecular formula is C18H19N3O5. The molecule has 0 aliphatic carbocycles. The number of rotatable bonds is 6. The maximum Gasteiger partial charge on any atom is 0.341 e. The van der Waals surface area contributed by atoms with Crippen LogP contribution in [-0.2, 0) is 9.53 Å². The summed E-state index contributed by atoms with van der Waals surface area (Å²) in [6.07, 6.45) is 3.38. The zero-order valence-electron chi connectivity index (χ0n) is 14.7. The number of carbonyl (C=O) groups excluding carboxylic acids is 2. The summed E-state index contributed by atoms with van der Waals surface area (Å²) in [5, 5.41) is 5.81. The summed E-state index contributed by atoms with van der Waals surface area (Å²) in [6, 6.07) is 6.46. The lowest BCUT2D eigenvalue weighted by atomic mass is 10.1. The molecule has 2 rings (SSSR count). The van der Waals surface area contributed by atoms with Crippen molar-refractivity contribution in [2.75, 3.05) is 19.5 Å². The van der Waals surface area contributed by atoms with Crippen molar-refractivity contribution in [1.82, 2.24) is 4.98 Å². The van der Waals surface area contributed by atoms with E-state index in [1.165, 1.54) is 13.2 Å². The Morgan fingerprint density at radius 3 is 2.58 bits per heavy atom. The standard InChI is InChI=1S/C15H15N3O4.C3H4O/c1-9-6-12(18-20)14(17-8-9)22-13-5-4-10(16-2)7-11(13)15(19)21-3;1-2-3-4/h4-8,16H,1-3H3;2-3H,1H2. The maximum absolute atomic E-state index is 11.9. The summed E-state index contributed by atoms with van der Waals surface area (Å²) >= 11 is 0. The Bertz CT molecular complexity index is 799. The van der Waals surface area contributed by atoms with Crippen molar-refractivity contribution in [3.8, 4) is 11.6 Å². The summed E-state index contributed by atoms with van der Waals surface area (Å²) < 4.78 is 10.3. The van der Waals surface area contributed by atoms with Crippen LogP contribution in [0.25, 0.3) is 0 Å². The Morgan fingerprint density at radius 2 is 2.04 bits per heavy atom. The van der Waals surface area contributed by atoms with Crippen LogP contribution in [0.2, 0.25) is 0 Å². The van der Waals surface area contributed by atoms with Crippen LogP contribution in [0, 0.1) is 11.8 Å². The number of hydrogen-bond donors (Lipinski definition) is 1. The Morgan fingerprint density at radius 1 is 1.35 bits per heavy atom. The van der Waals surface area contributed by atoms with Gasteiger partial charge in [0.25, 0.3) is 0 Å². The van der Waals surface area contributed by atoms with Crippen LogP contribution in [0.4, 0.5) is 11.4 Å². The van der Waals surface area contributed by atoms with E-state index in [2.05, 4.69) is 22.1 Å². The van der Waals surface area contributed by atoms with E-state index in [9.17, 15) is 9.70 Å². The van der Waals surface area contributed by atoms with Gasteiger partial charge in [-0.1, -0.05) is 6.58 Å². The monoisotopic (exact) mass is 357 g/mol. The van der Waals surface area contributed by atoms with Crippen molar-refractivity contribution in [2.45, 2.75) is 6.92 Å². The van der Waals surface area contributed by atoms with E-state index in [4.69, 9.17) is 14.3 Å². The van der Waals surface area contributed by atoms with Crippen molar-refractivity contribution < 1.29 is 19.1 Å². The minimum atomic E-state index is -0.556. The number of aldehydes is 1. The van der Waals surface area contributed by atoms with Gasteiger partial charge in [-0.25, -0.2) is 9.78 Å². The van der Waals surface area contributed by atoms with Gasteiger partial charge in [0.15, 0.2) is 5.69 Å². The first-order chi connectivity index (χ1) is 12.5. The van der Waals surface area contributed by atoms with Gasteiger partial charge < -0.3 is 14.8 Å². The summed E-state index contributed by atoms with van der Waals surface area (Å²) in [5.41, 5.74) is 1.78. The van der Waals surface area contributed by atoms with Crippen molar-refractivity contribution in [3.63, 3.8) is 0 Å². The van der Waals surface area contributed by atoms with E-state index < -0.39 is 5.97 Å². The molecule has 0 radical (unpaired) electrons. The summed E-state index contributed by atoms with van der Waals surface area (Å²) in [6.45, 7) is 4.90. The number of nitrogens with zero attached hydrogens (tertiary/aromatic N) is 2. The molecule has 136 valence electrons. The number of benzene rings is 1. The number of pyridine rings is 1. The van der Waals surface area contributed by atoms with Gasteiger partial charge in [0.1, 0.15) is 17.6 Å². The molecule has 0 aliphatic heterocycles. The first kappa shape index (κ1) is 20.5. The molecule has 0 amide bonds. The van der Waals surface area contributed by atoms with Crippen LogP contribution in [-0.4, -0.2) is 31.4 Å². The van der Waals surface area contributed by atoms with Crippen molar-refractivity contribution in [2.24, 2.45) is 5.18 Å². The summed E-state index contributed by atoms with van der Waals surface area (Å²) in [5.74, 6) is -0.296. The number of anilines is 1. The SMILES string of the molecule is C=CC=O.CNc1ccc(Oc2ncc(C)cc2N=O)c(C(=O)OC)c1. The Kier molecular flexibility index (Phi) is 8.15. The third-order valence-electron chi connectivity index (χ3n) is 3.04. The molecule has 0 fully saturated rings. The molecular weight excluding hydrogens is 338 g/mol. The lowest BCUT2D eigenvalue weighted by molar-refractivity contribution is -0.104. The highest BCUT2D eigenvalue weighted by atomic mass is 16.5.